The first-order valence-electron chi connectivity index (χ1n) is 2.42. The van der Waals surface area contributed by atoms with Crippen LogP contribution in [0.5, 0.6) is 0 Å². The first kappa shape index (κ1) is 12.6. The molecular formula is C6H8NO2U-. The van der Waals surface area contributed by atoms with Gasteiger partial charge < -0.3 is 10.7 Å². The summed E-state index contributed by atoms with van der Waals surface area (Å²) in [5, 5.41) is 0. The summed E-state index contributed by atoms with van der Waals surface area (Å²) >= 11 is 0. The zero-order valence-corrected chi connectivity index (χ0v) is 9.84. The van der Waals surface area contributed by atoms with Gasteiger partial charge in [0.05, 0.1) is 5.57 Å². The van der Waals surface area contributed by atoms with Crippen LogP contribution in [0, 0.1) is 31.1 Å². The Kier molecular flexibility index (Phi) is 8.93. The molecule has 0 aromatic heterocycles. The zero-order chi connectivity index (χ0) is 7.28. The molecule has 0 aliphatic rings. The molecule has 0 saturated carbocycles. The minimum Gasteiger partial charge on any atom is -0.560 e. The molecule has 0 aliphatic heterocycles. The Morgan fingerprint density at radius 1 is 1.70 bits per heavy atom. The predicted molar refractivity (Wildman–Crippen MR) is 34.4 cm³/mol. The normalized spacial score (nSPS) is 8.60. The van der Waals surface area contributed by atoms with Crippen molar-refractivity contribution in [1.29, 1.82) is 0 Å². The first-order chi connectivity index (χ1) is 4.22. The van der Waals surface area contributed by atoms with Crippen LogP contribution in [0.25, 0.3) is 5.90 Å². The van der Waals surface area contributed by atoms with Crippen LogP contribution in [0.4, 0.5) is 0 Å². The second-order valence-electron chi connectivity index (χ2n) is 1.41. The Labute approximate surface area is 83.6 Å². The molecule has 1 N–H and O–H groups in total. The fraction of sp³-hybridized carbons (Fsp3) is 0.167. The summed E-state index contributed by atoms with van der Waals surface area (Å²) in [5.41, 5.74) is 0.188. The Balaban J connectivity index is 0. The van der Waals surface area contributed by atoms with E-state index in [0.29, 0.717) is 0 Å². The number of carbonyl (C=O) groups excluding carboxylic acids is 1. The molecule has 3 nitrogen and oxygen atoms in total. The van der Waals surface area contributed by atoms with Crippen molar-refractivity contribution in [2.24, 2.45) is 0 Å². The average Bonchev–Trinajstić information content (AvgIpc) is 1.87. The summed E-state index contributed by atoms with van der Waals surface area (Å²) in [5.74, 6) is 5.46. The van der Waals surface area contributed by atoms with Crippen molar-refractivity contribution in [3.8, 4) is 0 Å². The Morgan fingerprint density at radius 2 is 2.20 bits per heavy atom. The summed E-state index contributed by atoms with van der Waals surface area (Å²) < 4.78 is 0. The molecule has 0 saturated heterocycles. The van der Waals surface area contributed by atoms with E-state index in [9.17, 15) is 4.79 Å². The fourth-order valence-corrected chi connectivity index (χ4v) is 0.335. The van der Waals surface area contributed by atoms with Crippen molar-refractivity contribution < 1.29 is 40.7 Å². The summed E-state index contributed by atoms with van der Waals surface area (Å²) in [6, 6.07) is 0. The quantitative estimate of drug-likeness (QED) is 0.425. The molecule has 0 aromatic rings. The monoisotopic (exact) mass is 364 g/mol. The van der Waals surface area contributed by atoms with E-state index < -0.39 is 5.97 Å². The van der Waals surface area contributed by atoms with Gasteiger partial charge in [-0.2, -0.15) is 0 Å². The molecular weight excluding hydrogens is 356 g/mol. The smallest absolute Gasteiger partial charge is 0.322 e. The molecule has 4 heteroatoms. The van der Waals surface area contributed by atoms with Crippen LogP contribution < -0.4 is 0 Å². The number of rotatable bonds is 2. The van der Waals surface area contributed by atoms with Crippen molar-refractivity contribution >= 4 is 5.97 Å². The Morgan fingerprint density at radius 3 is 2.50 bits per heavy atom. The van der Waals surface area contributed by atoms with E-state index in [1.165, 1.54) is 6.08 Å². The zero-order valence-electron chi connectivity index (χ0n) is 5.68. The van der Waals surface area contributed by atoms with Gasteiger partial charge in [0.15, 0.2) is 0 Å². The maximum Gasteiger partial charge on any atom is 0.322 e. The molecule has 0 radical (unpaired) electrons. The van der Waals surface area contributed by atoms with Crippen LogP contribution in [0.15, 0.2) is 24.3 Å². The van der Waals surface area contributed by atoms with Crippen molar-refractivity contribution in [3.05, 3.63) is 30.2 Å². The van der Waals surface area contributed by atoms with Crippen molar-refractivity contribution in [2.75, 3.05) is 0 Å². The van der Waals surface area contributed by atoms with Gasteiger partial charge in [-0.15, -0.1) is 0 Å². The van der Waals surface area contributed by atoms with Gasteiger partial charge >= 0.3 is 5.97 Å². The fourth-order valence-electron chi connectivity index (χ4n) is 0.335. The minimum absolute atomic E-state index is 0. The number of hydrogen-bond acceptors (Lipinski definition) is 2. The van der Waals surface area contributed by atoms with Crippen molar-refractivity contribution in [2.45, 2.75) is 6.92 Å². The minimum atomic E-state index is -0.715. The molecule has 0 fully saturated rings. The number of carbonyl (C=O) groups is 1. The Bertz CT molecular complexity index is 154. The van der Waals surface area contributed by atoms with Gasteiger partial charge in [0.25, 0.3) is 0 Å². The molecule has 0 rings (SSSR count). The standard InChI is InChI=1S/C6H8NO2.U/c1-3-4-5(2)6(8)9-7;/h3-4,7H,2H2,1H3;/q-1;/b4-3-;. The third-order valence-electron chi connectivity index (χ3n) is 0.723. The number of nitrogens with one attached hydrogen (secondary N) is 1. The molecule has 0 amide bonds. The molecule has 0 spiro atoms. The summed E-state index contributed by atoms with van der Waals surface area (Å²) in [7, 11) is 0. The van der Waals surface area contributed by atoms with Crippen LogP contribution in [0.3, 0.4) is 0 Å². The van der Waals surface area contributed by atoms with Gasteiger partial charge in [-0.1, -0.05) is 18.7 Å². The number of hydrogen-bond donors (Lipinski definition) is 0. The van der Waals surface area contributed by atoms with Gasteiger partial charge in [0.2, 0.25) is 0 Å². The van der Waals surface area contributed by atoms with Gasteiger partial charge in [0.1, 0.15) is 0 Å². The van der Waals surface area contributed by atoms with Gasteiger partial charge in [-0.25, -0.2) is 4.79 Å². The van der Waals surface area contributed by atoms with Crippen LogP contribution in [-0.2, 0) is 9.63 Å². The van der Waals surface area contributed by atoms with E-state index in [2.05, 4.69) is 11.4 Å². The second-order valence-corrected chi connectivity index (χ2v) is 1.41. The Hall–Kier alpha value is -0.0381. The maximum absolute atomic E-state index is 10.3. The summed E-state index contributed by atoms with van der Waals surface area (Å²) in [4.78, 5) is 14.0. The maximum atomic E-state index is 10.3. The van der Waals surface area contributed by atoms with E-state index in [1.54, 1.807) is 13.0 Å². The van der Waals surface area contributed by atoms with E-state index in [-0.39, 0.29) is 36.7 Å². The summed E-state index contributed by atoms with van der Waals surface area (Å²) in [6.07, 6.45) is 3.14. The summed E-state index contributed by atoms with van der Waals surface area (Å²) in [6.45, 7) is 5.09. The van der Waals surface area contributed by atoms with E-state index in [0.717, 1.165) is 0 Å². The SMILES string of the molecule is C=C(/C=C\C)C(=O)O[NH-].[U]. The van der Waals surface area contributed by atoms with Crippen molar-refractivity contribution in [1.82, 2.24) is 0 Å². The van der Waals surface area contributed by atoms with Crippen LogP contribution in [0.2, 0.25) is 0 Å². The van der Waals surface area contributed by atoms with E-state index in [1.807, 2.05) is 0 Å². The third-order valence-corrected chi connectivity index (χ3v) is 0.723. The van der Waals surface area contributed by atoms with Crippen LogP contribution in [-0.4, -0.2) is 5.97 Å². The molecule has 0 aliphatic carbocycles. The van der Waals surface area contributed by atoms with Crippen LogP contribution in [0.1, 0.15) is 6.92 Å². The predicted octanol–water partition coefficient (Wildman–Crippen LogP) is 1.63. The molecule has 0 atom stereocenters. The van der Waals surface area contributed by atoms with E-state index in [4.69, 9.17) is 5.90 Å². The molecule has 0 bridgehead atoms. The average molecular weight is 364 g/mol. The van der Waals surface area contributed by atoms with Crippen LogP contribution >= 0.6 is 0 Å². The second kappa shape index (κ2) is 7.07. The van der Waals surface area contributed by atoms with E-state index >= 15 is 0 Å². The largest absolute Gasteiger partial charge is 0.560 e. The van der Waals surface area contributed by atoms with Gasteiger partial charge in [-0.05, 0) is 6.92 Å². The number of allylic oxidation sites excluding steroid dienone is 1. The molecule has 54 valence electrons. The van der Waals surface area contributed by atoms with Gasteiger partial charge in [0, 0.05) is 31.1 Å². The topological polar surface area (TPSA) is 50.1 Å². The van der Waals surface area contributed by atoms with Gasteiger partial charge in [-0.3, -0.25) is 0 Å². The first-order valence-corrected chi connectivity index (χ1v) is 2.42. The molecule has 10 heavy (non-hydrogen) atoms. The molecule has 0 unspecified atom stereocenters. The molecule has 0 heterocycles. The van der Waals surface area contributed by atoms with Crippen molar-refractivity contribution in [3.63, 3.8) is 0 Å². The molecule has 0 aromatic carbocycles. The third kappa shape index (κ3) is 4.80.